The SMILES string of the molecule is CCc1ccc(CNc2cc(CO)ccc2Cl)o1. The summed E-state index contributed by atoms with van der Waals surface area (Å²) in [5.41, 5.74) is 1.63. The number of aliphatic hydroxyl groups excluding tert-OH is 1. The maximum Gasteiger partial charge on any atom is 0.123 e. The first-order valence-electron chi connectivity index (χ1n) is 5.93. The average Bonchev–Trinajstić information content (AvgIpc) is 2.86. The fourth-order valence-corrected chi connectivity index (χ4v) is 1.88. The minimum absolute atomic E-state index is 0.00653. The maximum atomic E-state index is 9.08. The van der Waals surface area contributed by atoms with E-state index in [4.69, 9.17) is 21.1 Å². The van der Waals surface area contributed by atoms with Crippen LogP contribution >= 0.6 is 11.6 Å². The number of aliphatic hydroxyl groups is 1. The van der Waals surface area contributed by atoms with Gasteiger partial charge in [-0.1, -0.05) is 24.6 Å². The Morgan fingerprint density at radius 1 is 1.22 bits per heavy atom. The van der Waals surface area contributed by atoms with E-state index >= 15 is 0 Å². The van der Waals surface area contributed by atoms with Gasteiger partial charge in [-0.3, -0.25) is 0 Å². The molecule has 4 heteroatoms. The van der Waals surface area contributed by atoms with Gasteiger partial charge in [0.05, 0.1) is 23.9 Å². The summed E-state index contributed by atoms with van der Waals surface area (Å²) in [6.07, 6.45) is 0.890. The van der Waals surface area contributed by atoms with Crippen LogP contribution in [-0.2, 0) is 19.6 Å². The van der Waals surface area contributed by atoms with Crippen LogP contribution in [0.25, 0.3) is 0 Å². The summed E-state index contributed by atoms with van der Waals surface area (Å²) >= 11 is 6.08. The van der Waals surface area contributed by atoms with E-state index in [1.54, 1.807) is 12.1 Å². The van der Waals surface area contributed by atoms with Crippen LogP contribution in [0.2, 0.25) is 5.02 Å². The van der Waals surface area contributed by atoms with Crippen molar-refractivity contribution in [2.75, 3.05) is 5.32 Å². The molecule has 0 fully saturated rings. The largest absolute Gasteiger partial charge is 0.464 e. The molecule has 0 aliphatic carbocycles. The summed E-state index contributed by atoms with van der Waals surface area (Å²) < 4.78 is 5.60. The van der Waals surface area contributed by atoms with E-state index < -0.39 is 0 Å². The number of anilines is 1. The van der Waals surface area contributed by atoms with E-state index in [0.717, 1.165) is 29.2 Å². The molecule has 2 rings (SSSR count). The summed E-state index contributed by atoms with van der Waals surface area (Å²) in [7, 11) is 0. The summed E-state index contributed by atoms with van der Waals surface area (Å²) in [6.45, 7) is 2.64. The Balaban J connectivity index is 2.05. The van der Waals surface area contributed by atoms with Gasteiger partial charge in [-0.15, -0.1) is 0 Å². The van der Waals surface area contributed by atoms with Gasteiger partial charge in [-0.25, -0.2) is 0 Å². The van der Waals surface area contributed by atoms with E-state index in [2.05, 4.69) is 12.2 Å². The minimum atomic E-state index is 0.00653. The molecule has 0 bridgehead atoms. The van der Waals surface area contributed by atoms with Crippen molar-refractivity contribution in [2.45, 2.75) is 26.5 Å². The second-order valence-electron chi connectivity index (χ2n) is 4.05. The molecule has 1 heterocycles. The van der Waals surface area contributed by atoms with Gasteiger partial charge >= 0.3 is 0 Å². The normalized spacial score (nSPS) is 10.6. The first kappa shape index (κ1) is 13.0. The lowest BCUT2D eigenvalue weighted by molar-refractivity contribution is 0.282. The zero-order chi connectivity index (χ0) is 13.0. The highest BCUT2D eigenvalue weighted by atomic mass is 35.5. The fourth-order valence-electron chi connectivity index (χ4n) is 1.70. The van der Waals surface area contributed by atoms with Crippen molar-refractivity contribution in [2.24, 2.45) is 0 Å². The second-order valence-corrected chi connectivity index (χ2v) is 4.45. The smallest absolute Gasteiger partial charge is 0.123 e. The third kappa shape index (κ3) is 3.06. The van der Waals surface area contributed by atoms with Crippen LogP contribution in [0.15, 0.2) is 34.7 Å². The monoisotopic (exact) mass is 265 g/mol. The van der Waals surface area contributed by atoms with Gasteiger partial charge in [0.25, 0.3) is 0 Å². The lowest BCUT2D eigenvalue weighted by Crippen LogP contribution is -1.99. The number of aryl methyl sites for hydroxylation is 1. The molecular weight excluding hydrogens is 250 g/mol. The number of furan rings is 1. The zero-order valence-corrected chi connectivity index (χ0v) is 11.0. The molecule has 0 saturated heterocycles. The van der Waals surface area contributed by atoms with Crippen molar-refractivity contribution in [1.29, 1.82) is 0 Å². The molecule has 0 aliphatic rings. The molecule has 96 valence electrons. The molecule has 18 heavy (non-hydrogen) atoms. The molecular formula is C14H16ClNO2. The van der Waals surface area contributed by atoms with Crippen LogP contribution in [0.4, 0.5) is 5.69 Å². The van der Waals surface area contributed by atoms with Gasteiger partial charge in [-0.05, 0) is 29.8 Å². The molecule has 2 N–H and O–H groups in total. The Hall–Kier alpha value is -1.45. The van der Waals surface area contributed by atoms with Gasteiger partial charge < -0.3 is 14.8 Å². The van der Waals surface area contributed by atoms with E-state index in [0.29, 0.717) is 11.6 Å². The predicted octanol–water partition coefficient (Wildman–Crippen LogP) is 3.60. The lowest BCUT2D eigenvalue weighted by Gasteiger charge is -2.08. The van der Waals surface area contributed by atoms with Crippen LogP contribution < -0.4 is 5.32 Å². The van der Waals surface area contributed by atoms with Gasteiger partial charge in [0.1, 0.15) is 11.5 Å². The summed E-state index contributed by atoms with van der Waals surface area (Å²) in [5, 5.41) is 12.9. The first-order chi connectivity index (χ1) is 8.72. The van der Waals surface area contributed by atoms with E-state index in [1.165, 1.54) is 0 Å². The molecule has 0 spiro atoms. The van der Waals surface area contributed by atoms with Gasteiger partial charge in [-0.2, -0.15) is 0 Å². The molecule has 0 unspecified atom stereocenters. The Labute approximate surface area is 111 Å². The van der Waals surface area contributed by atoms with Gasteiger partial charge in [0.15, 0.2) is 0 Å². The number of nitrogens with one attached hydrogen (secondary N) is 1. The van der Waals surface area contributed by atoms with Crippen LogP contribution in [0.1, 0.15) is 24.0 Å². The highest BCUT2D eigenvalue weighted by Gasteiger charge is 2.04. The number of rotatable bonds is 5. The minimum Gasteiger partial charge on any atom is -0.464 e. The second kappa shape index (κ2) is 5.94. The molecule has 0 saturated carbocycles. The standard InChI is InChI=1S/C14H16ClNO2/c1-2-11-4-5-12(18-11)8-16-14-7-10(9-17)3-6-13(14)15/h3-7,16-17H,2,8-9H2,1H3. The van der Waals surface area contributed by atoms with Crippen LogP contribution in [0.3, 0.4) is 0 Å². The van der Waals surface area contributed by atoms with Crippen molar-refractivity contribution in [1.82, 2.24) is 0 Å². The van der Waals surface area contributed by atoms with E-state index in [9.17, 15) is 0 Å². The lowest BCUT2D eigenvalue weighted by atomic mass is 10.2. The Kier molecular flexibility index (Phi) is 4.28. The molecule has 1 aromatic carbocycles. The molecule has 2 aromatic rings. The van der Waals surface area contributed by atoms with Gasteiger partial charge in [0, 0.05) is 6.42 Å². The van der Waals surface area contributed by atoms with Crippen LogP contribution in [0.5, 0.6) is 0 Å². The van der Waals surface area contributed by atoms with Gasteiger partial charge in [0.2, 0.25) is 0 Å². The number of hydrogen-bond donors (Lipinski definition) is 2. The van der Waals surface area contributed by atoms with E-state index in [-0.39, 0.29) is 6.61 Å². The Morgan fingerprint density at radius 2 is 2.00 bits per heavy atom. The fraction of sp³-hybridized carbons (Fsp3) is 0.286. The van der Waals surface area contributed by atoms with Crippen molar-refractivity contribution < 1.29 is 9.52 Å². The van der Waals surface area contributed by atoms with Crippen molar-refractivity contribution in [3.63, 3.8) is 0 Å². The van der Waals surface area contributed by atoms with E-state index in [1.807, 2.05) is 18.2 Å². The molecule has 0 aliphatic heterocycles. The van der Waals surface area contributed by atoms with Crippen molar-refractivity contribution >= 4 is 17.3 Å². The quantitative estimate of drug-likeness (QED) is 0.868. The molecule has 1 aromatic heterocycles. The highest BCUT2D eigenvalue weighted by molar-refractivity contribution is 6.33. The Morgan fingerprint density at radius 3 is 2.67 bits per heavy atom. The predicted molar refractivity (Wildman–Crippen MR) is 72.8 cm³/mol. The molecule has 0 atom stereocenters. The zero-order valence-electron chi connectivity index (χ0n) is 10.2. The number of hydrogen-bond acceptors (Lipinski definition) is 3. The van der Waals surface area contributed by atoms with Crippen molar-refractivity contribution in [3.05, 3.63) is 52.4 Å². The third-order valence-electron chi connectivity index (χ3n) is 2.73. The molecule has 3 nitrogen and oxygen atoms in total. The van der Waals surface area contributed by atoms with Crippen LogP contribution in [-0.4, -0.2) is 5.11 Å². The number of halogens is 1. The summed E-state index contributed by atoms with van der Waals surface area (Å²) in [5.74, 6) is 1.85. The Bertz CT molecular complexity index is 522. The first-order valence-corrected chi connectivity index (χ1v) is 6.31. The summed E-state index contributed by atoms with van der Waals surface area (Å²) in [4.78, 5) is 0. The third-order valence-corrected chi connectivity index (χ3v) is 3.06. The average molecular weight is 266 g/mol. The summed E-state index contributed by atoms with van der Waals surface area (Å²) in [6, 6.07) is 9.34. The topological polar surface area (TPSA) is 45.4 Å². The van der Waals surface area contributed by atoms with Crippen molar-refractivity contribution in [3.8, 4) is 0 Å². The molecule has 0 radical (unpaired) electrons. The molecule has 0 amide bonds. The number of benzene rings is 1. The van der Waals surface area contributed by atoms with Crippen LogP contribution in [0, 0.1) is 0 Å². The highest BCUT2D eigenvalue weighted by Crippen LogP contribution is 2.24. The maximum absolute atomic E-state index is 9.08.